The number of hydrogen-bond acceptors (Lipinski definition) is 2. The molecule has 104 valence electrons. The van der Waals surface area contributed by atoms with Crippen molar-refractivity contribution in [2.24, 2.45) is 0 Å². The number of carboxylic acids is 1. The van der Waals surface area contributed by atoms with Crippen LogP contribution in [-0.4, -0.2) is 11.1 Å². The molecule has 0 saturated heterocycles. The Morgan fingerprint density at radius 1 is 1.25 bits per heavy atom. The third kappa shape index (κ3) is 3.52. The van der Waals surface area contributed by atoms with Gasteiger partial charge in [-0.05, 0) is 36.2 Å². The number of aryl methyl sites for hydroxylation is 1. The van der Waals surface area contributed by atoms with Crippen LogP contribution in [0.3, 0.4) is 0 Å². The summed E-state index contributed by atoms with van der Waals surface area (Å²) < 4.78 is 5.68. The molecule has 3 nitrogen and oxygen atoms in total. The van der Waals surface area contributed by atoms with Gasteiger partial charge < -0.3 is 9.84 Å². The lowest BCUT2D eigenvalue weighted by atomic mass is 10.1. The first-order valence-corrected chi connectivity index (χ1v) is 6.71. The van der Waals surface area contributed by atoms with E-state index in [1.165, 1.54) is 17.7 Å². The quantitative estimate of drug-likeness (QED) is 0.898. The molecule has 2 aromatic carbocycles. The lowest BCUT2D eigenvalue weighted by Gasteiger charge is -2.09. The van der Waals surface area contributed by atoms with Gasteiger partial charge >= 0.3 is 5.97 Å². The zero-order valence-electron chi connectivity index (χ0n) is 11.1. The van der Waals surface area contributed by atoms with Crippen LogP contribution in [0.5, 0.6) is 5.75 Å². The maximum absolute atomic E-state index is 10.8. The normalized spacial score (nSPS) is 10.3. The average Bonchev–Trinajstić information content (AvgIpc) is 2.46. The summed E-state index contributed by atoms with van der Waals surface area (Å²) in [6.07, 6.45) is 0.950. The van der Waals surface area contributed by atoms with Crippen LogP contribution in [0.2, 0.25) is 5.02 Å². The van der Waals surface area contributed by atoms with Gasteiger partial charge in [0, 0.05) is 10.6 Å². The molecule has 2 rings (SSSR count). The van der Waals surface area contributed by atoms with Crippen LogP contribution in [0.15, 0.2) is 42.5 Å². The van der Waals surface area contributed by atoms with Gasteiger partial charge in [-0.2, -0.15) is 0 Å². The second-order valence-corrected chi connectivity index (χ2v) is 4.81. The number of carbonyl (C=O) groups is 1. The van der Waals surface area contributed by atoms with Crippen molar-refractivity contribution in [3.63, 3.8) is 0 Å². The van der Waals surface area contributed by atoms with Crippen LogP contribution in [0.1, 0.15) is 28.4 Å². The van der Waals surface area contributed by atoms with E-state index in [0.717, 1.165) is 17.7 Å². The molecule has 0 aromatic heterocycles. The molecular weight excluding hydrogens is 276 g/mol. The van der Waals surface area contributed by atoms with E-state index in [1.54, 1.807) is 6.07 Å². The summed E-state index contributed by atoms with van der Waals surface area (Å²) >= 11 is 6.05. The molecule has 0 spiro atoms. The minimum atomic E-state index is -0.991. The monoisotopic (exact) mass is 290 g/mol. The van der Waals surface area contributed by atoms with Crippen molar-refractivity contribution in [1.29, 1.82) is 0 Å². The SMILES string of the molecule is CCc1cccc(OCc2ccc(C(=O)O)cc2Cl)c1. The highest BCUT2D eigenvalue weighted by Crippen LogP contribution is 2.21. The number of aromatic carboxylic acids is 1. The van der Waals surface area contributed by atoms with E-state index in [4.69, 9.17) is 21.4 Å². The van der Waals surface area contributed by atoms with Gasteiger partial charge in [0.25, 0.3) is 0 Å². The Labute approximate surface area is 122 Å². The summed E-state index contributed by atoms with van der Waals surface area (Å²) in [5.41, 5.74) is 2.14. The van der Waals surface area contributed by atoms with E-state index in [-0.39, 0.29) is 5.56 Å². The molecule has 0 fully saturated rings. The molecule has 0 aliphatic rings. The summed E-state index contributed by atoms with van der Waals surface area (Å²) in [4.78, 5) is 10.8. The van der Waals surface area contributed by atoms with Gasteiger partial charge in [0.1, 0.15) is 12.4 Å². The molecule has 0 atom stereocenters. The highest BCUT2D eigenvalue weighted by molar-refractivity contribution is 6.31. The van der Waals surface area contributed by atoms with Crippen LogP contribution in [-0.2, 0) is 13.0 Å². The van der Waals surface area contributed by atoms with Gasteiger partial charge in [-0.15, -0.1) is 0 Å². The van der Waals surface area contributed by atoms with Crippen molar-refractivity contribution in [3.8, 4) is 5.75 Å². The summed E-state index contributed by atoms with van der Waals surface area (Å²) in [6.45, 7) is 2.40. The van der Waals surface area contributed by atoms with E-state index in [0.29, 0.717) is 11.6 Å². The van der Waals surface area contributed by atoms with E-state index in [2.05, 4.69) is 6.92 Å². The number of halogens is 1. The Kier molecular flexibility index (Phi) is 4.64. The molecule has 1 N–H and O–H groups in total. The number of rotatable bonds is 5. The maximum atomic E-state index is 10.8. The maximum Gasteiger partial charge on any atom is 0.335 e. The van der Waals surface area contributed by atoms with Crippen molar-refractivity contribution in [3.05, 3.63) is 64.2 Å². The van der Waals surface area contributed by atoms with Gasteiger partial charge in [-0.25, -0.2) is 4.79 Å². The number of hydrogen-bond donors (Lipinski definition) is 1. The fraction of sp³-hybridized carbons (Fsp3) is 0.188. The number of ether oxygens (including phenoxy) is 1. The number of carboxylic acid groups (broad SMARTS) is 1. The predicted octanol–water partition coefficient (Wildman–Crippen LogP) is 4.18. The Balaban J connectivity index is 2.08. The van der Waals surface area contributed by atoms with E-state index in [1.807, 2.05) is 24.3 Å². The lowest BCUT2D eigenvalue weighted by Crippen LogP contribution is -2.00. The fourth-order valence-electron chi connectivity index (χ4n) is 1.81. The molecule has 0 amide bonds. The topological polar surface area (TPSA) is 46.5 Å². The Hall–Kier alpha value is -2.00. The molecule has 2 aromatic rings. The van der Waals surface area contributed by atoms with Crippen molar-refractivity contribution in [2.75, 3.05) is 0 Å². The summed E-state index contributed by atoms with van der Waals surface area (Å²) in [5.74, 6) is -0.210. The van der Waals surface area contributed by atoms with E-state index < -0.39 is 5.97 Å². The van der Waals surface area contributed by atoms with Crippen molar-refractivity contribution >= 4 is 17.6 Å². The Morgan fingerprint density at radius 3 is 2.70 bits per heavy atom. The third-order valence-electron chi connectivity index (χ3n) is 3.00. The molecule has 0 saturated carbocycles. The Morgan fingerprint density at radius 2 is 2.05 bits per heavy atom. The van der Waals surface area contributed by atoms with Gasteiger partial charge in [0.05, 0.1) is 5.56 Å². The molecule has 0 heterocycles. The van der Waals surface area contributed by atoms with Gasteiger partial charge in [-0.3, -0.25) is 0 Å². The van der Waals surface area contributed by atoms with E-state index >= 15 is 0 Å². The van der Waals surface area contributed by atoms with Crippen LogP contribution in [0, 0.1) is 0 Å². The van der Waals surface area contributed by atoms with Gasteiger partial charge in [0.2, 0.25) is 0 Å². The first kappa shape index (κ1) is 14.4. The number of benzene rings is 2. The average molecular weight is 291 g/mol. The molecular formula is C16H15ClO3. The van der Waals surface area contributed by atoms with Gasteiger partial charge in [-0.1, -0.05) is 36.7 Å². The first-order valence-electron chi connectivity index (χ1n) is 6.33. The Bertz CT molecular complexity index is 623. The standard InChI is InChI=1S/C16H15ClO3/c1-2-11-4-3-5-14(8-11)20-10-13-7-6-12(16(18)19)9-15(13)17/h3-9H,2,10H2,1H3,(H,18,19). The van der Waals surface area contributed by atoms with Crippen molar-refractivity contribution < 1.29 is 14.6 Å². The van der Waals surface area contributed by atoms with Crippen LogP contribution in [0.4, 0.5) is 0 Å². The van der Waals surface area contributed by atoms with Gasteiger partial charge in [0.15, 0.2) is 0 Å². The van der Waals surface area contributed by atoms with Crippen molar-refractivity contribution in [2.45, 2.75) is 20.0 Å². The molecule has 0 bridgehead atoms. The summed E-state index contributed by atoms with van der Waals surface area (Å²) in [7, 11) is 0. The van der Waals surface area contributed by atoms with Crippen molar-refractivity contribution in [1.82, 2.24) is 0 Å². The molecule has 0 radical (unpaired) electrons. The molecule has 4 heteroatoms. The highest BCUT2D eigenvalue weighted by Gasteiger charge is 2.07. The lowest BCUT2D eigenvalue weighted by molar-refractivity contribution is 0.0697. The third-order valence-corrected chi connectivity index (χ3v) is 3.35. The smallest absolute Gasteiger partial charge is 0.335 e. The summed E-state index contributed by atoms with van der Waals surface area (Å²) in [6, 6.07) is 12.5. The zero-order chi connectivity index (χ0) is 14.5. The predicted molar refractivity (Wildman–Crippen MR) is 78.6 cm³/mol. The largest absolute Gasteiger partial charge is 0.489 e. The molecule has 20 heavy (non-hydrogen) atoms. The second-order valence-electron chi connectivity index (χ2n) is 4.40. The second kappa shape index (κ2) is 6.44. The minimum absolute atomic E-state index is 0.173. The van der Waals surface area contributed by atoms with Crippen LogP contribution < -0.4 is 4.74 Å². The molecule has 0 unspecified atom stereocenters. The highest BCUT2D eigenvalue weighted by atomic mass is 35.5. The van der Waals surface area contributed by atoms with E-state index in [9.17, 15) is 4.79 Å². The zero-order valence-corrected chi connectivity index (χ0v) is 11.9. The minimum Gasteiger partial charge on any atom is -0.489 e. The molecule has 0 aliphatic carbocycles. The molecule has 0 aliphatic heterocycles. The van der Waals surface area contributed by atoms with Crippen LogP contribution >= 0.6 is 11.6 Å². The van der Waals surface area contributed by atoms with Crippen LogP contribution in [0.25, 0.3) is 0 Å². The fourth-order valence-corrected chi connectivity index (χ4v) is 2.05. The summed E-state index contributed by atoms with van der Waals surface area (Å²) in [5, 5.41) is 9.28. The first-order chi connectivity index (χ1) is 9.60.